The number of amidine groups is 1. The molecule has 2 rings (SSSR count). The van der Waals surface area contributed by atoms with Crippen molar-refractivity contribution < 1.29 is 14.3 Å². The Labute approximate surface area is 194 Å². The minimum absolute atomic E-state index is 0.112. The highest BCUT2D eigenvalue weighted by atomic mass is 35.5. The summed E-state index contributed by atoms with van der Waals surface area (Å²) in [5, 5.41) is 12.5. The second-order valence-corrected chi connectivity index (χ2v) is 9.53. The van der Waals surface area contributed by atoms with Gasteiger partial charge in [-0.25, -0.2) is 4.79 Å². The molecule has 0 radical (unpaired) electrons. The maximum atomic E-state index is 12.6. The maximum absolute atomic E-state index is 12.6. The number of likely N-dealkylation sites (tertiary alicyclic amines) is 1. The summed E-state index contributed by atoms with van der Waals surface area (Å²) in [4.78, 5) is 18.7. The fourth-order valence-electron chi connectivity index (χ4n) is 3.47. The fraction of sp³-hybridized carbons (Fsp3) is 0.591. The first kappa shape index (κ1) is 25.3. The number of benzene rings is 1. The van der Waals surface area contributed by atoms with E-state index in [2.05, 4.69) is 10.3 Å². The first-order chi connectivity index (χ1) is 14.7. The normalized spacial score (nSPS) is 18.3. The third-order valence-electron chi connectivity index (χ3n) is 4.72. The molecule has 9 heteroatoms. The van der Waals surface area contributed by atoms with E-state index in [-0.39, 0.29) is 18.1 Å². The Hall–Kier alpha value is -1.95. The average Bonchev–Trinajstić information content (AvgIpc) is 2.71. The topological polar surface area (TPSA) is 86.9 Å². The molecule has 0 aromatic heterocycles. The zero-order chi connectivity index (χ0) is 22.9. The molecular formula is C22H31ClN4O3S. The number of aliphatic imine (C=N–C) groups is 1. The number of hydrogen-bond acceptors (Lipinski definition) is 6. The number of amides is 1. The number of nitrogens with one attached hydrogen (secondary N) is 1. The van der Waals surface area contributed by atoms with Crippen molar-refractivity contribution in [1.82, 2.24) is 10.2 Å². The van der Waals surface area contributed by atoms with Crippen LogP contribution in [0.25, 0.3) is 0 Å². The molecule has 2 unspecified atom stereocenters. The number of halogens is 1. The van der Waals surface area contributed by atoms with Gasteiger partial charge in [-0.15, -0.1) is 0 Å². The molecule has 1 heterocycles. The summed E-state index contributed by atoms with van der Waals surface area (Å²) in [6, 6.07) is 7.64. The predicted octanol–water partition coefficient (Wildman–Crippen LogP) is 4.83. The summed E-state index contributed by atoms with van der Waals surface area (Å²) >= 11 is 7.61. The molecule has 1 aliphatic heterocycles. The van der Waals surface area contributed by atoms with Gasteiger partial charge in [0.2, 0.25) is 0 Å². The Balaban J connectivity index is 2.11. The lowest BCUT2D eigenvalue weighted by atomic mass is 9.88. The average molecular weight is 467 g/mol. The van der Waals surface area contributed by atoms with Gasteiger partial charge in [0.05, 0.1) is 19.3 Å². The van der Waals surface area contributed by atoms with E-state index < -0.39 is 5.60 Å². The summed E-state index contributed by atoms with van der Waals surface area (Å²) < 4.78 is 11.8. The summed E-state index contributed by atoms with van der Waals surface area (Å²) in [5.41, 5.74) is 0.449. The third kappa shape index (κ3) is 8.60. The minimum atomic E-state index is -0.530. The zero-order valence-corrected chi connectivity index (χ0v) is 20.1. The minimum Gasteiger partial charge on any atom is -0.444 e. The first-order valence-corrected chi connectivity index (χ1v) is 11.9. The van der Waals surface area contributed by atoms with Crippen molar-refractivity contribution in [2.24, 2.45) is 10.9 Å². The molecule has 2 atom stereocenters. The lowest BCUT2D eigenvalue weighted by Crippen LogP contribution is -2.44. The van der Waals surface area contributed by atoms with Crippen LogP contribution >= 0.6 is 23.4 Å². The molecule has 0 bridgehead atoms. The summed E-state index contributed by atoms with van der Waals surface area (Å²) in [5.74, 6) is 0.112. The molecule has 7 nitrogen and oxygen atoms in total. The van der Waals surface area contributed by atoms with E-state index in [1.54, 1.807) is 4.90 Å². The Morgan fingerprint density at radius 3 is 2.90 bits per heavy atom. The Kier molecular flexibility index (Phi) is 9.94. The van der Waals surface area contributed by atoms with Crippen molar-refractivity contribution in [2.75, 3.05) is 32.5 Å². The number of carbonyl (C=O) groups is 1. The molecule has 0 saturated carbocycles. The van der Waals surface area contributed by atoms with Crippen LogP contribution in [0.15, 0.2) is 29.3 Å². The van der Waals surface area contributed by atoms with Crippen LogP contribution in [0, 0.1) is 17.4 Å². The van der Waals surface area contributed by atoms with Crippen LogP contribution in [0.3, 0.4) is 0 Å². The molecule has 1 fully saturated rings. The summed E-state index contributed by atoms with van der Waals surface area (Å²) in [7, 11) is 0. The van der Waals surface area contributed by atoms with Crippen LogP contribution in [0.4, 0.5) is 4.79 Å². The van der Waals surface area contributed by atoms with Crippen molar-refractivity contribution in [1.29, 1.82) is 5.26 Å². The summed E-state index contributed by atoms with van der Waals surface area (Å²) in [6.45, 7) is 7.65. The van der Waals surface area contributed by atoms with Gasteiger partial charge < -0.3 is 14.4 Å². The van der Waals surface area contributed by atoms with E-state index in [1.807, 2.05) is 57.5 Å². The van der Waals surface area contributed by atoms with Gasteiger partial charge in [-0.05, 0) is 57.6 Å². The number of nitriles is 1. The Morgan fingerprint density at radius 1 is 1.48 bits per heavy atom. The van der Waals surface area contributed by atoms with Crippen LogP contribution in [-0.4, -0.2) is 54.3 Å². The SMILES string of the molecule is CSC(=NCCOC(c1cccc(Cl)c1)C1CCCN(C(=O)OC(C)(C)C)C1)NC#N. The largest absolute Gasteiger partial charge is 0.444 e. The maximum Gasteiger partial charge on any atom is 0.410 e. The van der Waals surface area contributed by atoms with E-state index in [0.29, 0.717) is 36.4 Å². The molecule has 1 saturated heterocycles. The van der Waals surface area contributed by atoms with Gasteiger partial charge in [-0.3, -0.25) is 10.3 Å². The molecule has 1 aromatic rings. The second kappa shape index (κ2) is 12.2. The van der Waals surface area contributed by atoms with Crippen molar-refractivity contribution in [2.45, 2.75) is 45.3 Å². The van der Waals surface area contributed by atoms with E-state index in [9.17, 15) is 4.79 Å². The first-order valence-electron chi connectivity index (χ1n) is 10.3. The molecule has 1 aliphatic rings. The number of thioether (sulfide) groups is 1. The monoisotopic (exact) mass is 466 g/mol. The second-order valence-electron chi connectivity index (χ2n) is 8.30. The number of carbonyl (C=O) groups excluding carboxylic acids is 1. The Morgan fingerprint density at radius 2 is 2.26 bits per heavy atom. The molecule has 1 amide bonds. The van der Waals surface area contributed by atoms with Crippen LogP contribution in [-0.2, 0) is 9.47 Å². The molecule has 31 heavy (non-hydrogen) atoms. The lowest BCUT2D eigenvalue weighted by Gasteiger charge is -2.37. The van der Waals surface area contributed by atoms with E-state index in [1.165, 1.54) is 11.8 Å². The van der Waals surface area contributed by atoms with Gasteiger partial charge in [0.15, 0.2) is 11.4 Å². The third-order valence-corrected chi connectivity index (χ3v) is 5.57. The number of piperidine rings is 1. The lowest BCUT2D eigenvalue weighted by molar-refractivity contribution is -0.0232. The summed E-state index contributed by atoms with van der Waals surface area (Å²) in [6.07, 6.45) is 5.03. The number of nitrogens with zero attached hydrogens (tertiary/aromatic N) is 3. The van der Waals surface area contributed by atoms with Crippen LogP contribution in [0.5, 0.6) is 0 Å². The highest BCUT2D eigenvalue weighted by Crippen LogP contribution is 2.34. The molecule has 0 spiro atoms. The molecular weight excluding hydrogens is 436 g/mol. The van der Waals surface area contributed by atoms with Crippen molar-refractivity contribution >= 4 is 34.6 Å². The number of hydrogen-bond donors (Lipinski definition) is 1. The smallest absolute Gasteiger partial charge is 0.410 e. The molecule has 170 valence electrons. The Bertz CT molecular complexity index is 807. The fourth-order valence-corrected chi connectivity index (χ4v) is 4.03. The van der Waals surface area contributed by atoms with Gasteiger partial charge in [0, 0.05) is 24.0 Å². The van der Waals surface area contributed by atoms with Gasteiger partial charge in [-0.1, -0.05) is 35.5 Å². The number of ether oxygens (including phenoxy) is 2. The van der Waals surface area contributed by atoms with Crippen molar-refractivity contribution in [3.8, 4) is 6.19 Å². The van der Waals surface area contributed by atoms with Crippen LogP contribution in [0.1, 0.15) is 45.3 Å². The zero-order valence-electron chi connectivity index (χ0n) is 18.6. The standard InChI is InChI=1S/C22H31ClN4O3S/c1-22(2,3)30-21(28)27-11-6-8-17(14-27)19(16-7-5-9-18(23)13-16)29-12-10-25-20(31-4)26-15-24/h5,7,9,13,17,19H,6,8,10-12,14H2,1-4H3,(H,25,26). The van der Waals surface area contributed by atoms with E-state index in [0.717, 1.165) is 18.4 Å². The quantitative estimate of drug-likeness (QED) is 0.212. The van der Waals surface area contributed by atoms with Crippen molar-refractivity contribution in [3.63, 3.8) is 0 Å². The van der Waals surface area contributed by atoms with Gasteiger partial charge in [-0.2, -0.15) is 5.26 Å². The highest BCUT2D eigenvalue weighted by Gasteiger charge is 2.33. The van der Waals surface area contributed by atoms with Gasteiger partial charge >= 0.3 is 6.09 Å². The van der Waals surface area contributed by atoms with E-state index >= 15 is 0 Å². The van der Waals surface area contributed by atoms with Crippen LogP contribution < -0.4 is 5.32 Å². The molecule has 1 aromatic carbocycles. The molecule has 0 aliphatic carbocycles. The van der Waals surface area contributed by atoms with Crippen LogP contribution in [0.2, 0.25) is 5.02 Å². The van der Waals surface area contributed by atoms with E-state index in [4.69, 9.17) is 26.3 Å². The van der Waals surface area contributed by atoms with Gasteiger partial charge in [0.25, 0.3) is 0 Å². The molecule has 1 N–H and O–H groups in total. The number of rotatable bonds is 6. The highest BCUT2D eigenvalue weighted by molar-refractivity contribution is 8.13. The van der Waals surface area contributed by atoms with Gasteiger partial charge in [0.1, 0.15) is 5.60 Å². The predicted molar refractivity (Wildman–Crippen MR) is 125 cm³/mol. The van der Waals surface area contributed by atoms with Crippen molar-refractivity contribution in [3.05, 3.63) is 34.9 Å².